The number of nitrogens with one attached hydrogen (secondary N) is 2. The third-order valence-corrected chi connectivity index (χ3v) is 3.70. The quantitative estimate of drug-likeness (QED) is 0.690. The van der Waals surface area contributed by atoms with E-state index in [2.05, 4.69) is 45.7 Å². The summed E-state index contributed by atoms with van der Waals surface area (Å²) >= 11 is 5.78. The van der Waals surface area contributed by atoms with Gasteiger partial charge in [-0.1, -0.05) is 41.4 Å². The van der Waals surface area contributed by atoms with Crippen molar-refractivity contribution in [2.75, 3.05) is 10.6 Å². The Labute approximate surface area is 144 Å². The Morgan fingerprint density at radius 3 is 2.67 bits per heavy atom. The smallest absolute Gasteiger partial charge is 0.141 e. The Morgan fingerprint density at radius 1 is 1.04 bits per heavy atom. The number of rotatable bonds is 5. The average molecular weight is 343 g/mol. The molecule has 0 amide bonds. The maximum atomic E-state index is 13.2. The molecule has 0 aliphatic carbocycles. The zero-order valence-electron chi connectivity index (χ0n) is 13.1. The second-order valence-corrected chi connectivity index (χ2v) is 5.79. The van der Waals surface area contributed by atoms with Crippen LogP contribution in [0.4, 0.5) is 21.7 Å². The Hall–Kier alpha value is -2.66. The first kappa shape index (κ1) is 16.2. The highest BCUT2D eigenvalue weighted by atomic mass is 35.5. The molecule has 0 fully saturated rings. The van der Waals surface area contributed by atoms with Crippen molar-refractivity contribution in [1.82, 2.24) is 9.97 Å². The van der Waals surface area contributed by atoms with E-state index in [0.29, 0.717) is 23.9 Å². The molecule has 2 aromatic carbocycles. The number of benzene rings is 2. The van der Waals surface area contributed by atoms with Gasteiger partial charge in [-0.2, -0.15) is 0 Å². The van der Waals surface area contributed by atoms with Gasteiger partial charge in [0.05, 0.1) is 5.02 Å². The molecule has 3 rings (SSSR count). The molecular weight excluding hydrogens is 327 g/mol. The first-order chi connectivity index (χ1) is 11.6. The topological polar surface area (TPSA) is 49.8 Å². The van der Waals surface area contributed by atoms with Crippen molar-refractivity contribution in [3.05, 3.63) is 76.8 Å². The van der Waals surface area contributed by atoms with Crippen molar-refractivity contribution < 1.29 is 4.39 Å². The molecule has 0 saturated heterocycles. The number of hydrogen-bond donors (Lipinski definition) is 2. The standard InChI is InChI=1S/C18H16ClFN4/c1-12-3-2-4-13(7-12)10-21-17-9-18(23-11-22-17)24-14-5-6-16(20)15(19)8-14/h2-9,11H,10H2,1H3,(H2,21,22,23,24). The number of hydrogen-bond acceptors (Lipinski definition) is 4. The van der Waals surface area contributed by atoms with Gasteiger partial charge in [0.1, 0.15) is 23.8 Å². The average Bonchev–Trinajstić information content (AvgIpc) is 2.57. The van der Waals surface area contributed by atoms with Gasteiger partial charge in [0, 0.05) is 18.3 Å². The van der Waals surface area contributed by atoms with Crippen LogP contribution in [0.1, 0.15) is 11.1 Å². The summed E-state index contributed by atoms with van der Waals surface area (Å²) < 4.78 is 13.2. The first-order valence-electron chi connectivity index (χ1n) is 7.44. The molecule has 0 spiro atoms. The van der Waals surface area contributed by atoms with E-state index in [1.54, 1.807) is 12.1 Å². The molecule has 0 aliphatic heterocycles. The van der Waals surface area contributed by atoms with Gasteiger partial charge >= 0.3 is 0 Å². The van der Waals surface area contributed by atoms with E-state index in [0.717, 1.165) is 0 Å². The lowest BCUT2D eigenvalue weighted by Crippen LogP contribution is -2.03. The maximum Gasteiger partial charge on any atom is 0.141 e. The molecule has 24 heavy (non-hydrogen) atoms. The first-order valence-corrected chi connectivity index (χ1v) is 7.81. The van der Waals surface area contributed by atoms with Crippen LogP contribution in [0.25, 0.3) is 0 Å². The number of aromatic nitrogens is 2. The molecule has 0 aliphatic rings. The largest absolute Gasteiger partial charge is 0.366 e. The van der Waals surface area contributed by atoms with Crippen LogP contribution in [-0.4, -0.2) is 9.97 Å². The molecule has 3 aromatic rings. The van der Waals surface area contributed by atoms with E-state index in [-0.39, 0.29) is 5.02 Å². The van der Waals surface area contributed by atoms with Crippen molar-refractivity contribution in [2.45, 2.75) is 13.5 Å². The molecule has 4 nitrogen and oxygen atoms in total. The van der Waals surface area contributed by atoms with E-state index in [1.165, 1.54) is 29.6 Å². The van der Waals surface area contributed by atoms with E-state index in [1.807, 2.05) is 6.07 Å². The van der Waals surface area contributed by atoms with Crippen molar-refractivity contribution in [3.63, 3.8) is 0 Å². The maximum absolute atomic E-state index is 13.2. The lowest BCUT2D eigenvalue weighted by Gasteiger charge is -2.09. The van der Waals surface area contributed by atoms with E-state index < -0.39 is 5.82 Å². The number of aryl methyl sites for hydroxylation is 1. The zero-order valence-corrected chi connectivity index (χ0v) is 13.8. The number of nitrogens with zero attached hydrogens (tertiary/aromatic N) is 2. The second kappa shape index (κ2) is 7.27. The van der Waals surface area contributed by atoms with Gasteiger partial charge in [-0.25, -0.2) is 14.4 Å². The van der Waals surface area contributed by atoms with E-state index in [9.17, 15) is 4.39 Å². The summed E-state index contributed by atoms with van der Waals surface area (Å²) in [5.74, 6) is 0.840. The summed E-state index contributed by atoms with van der Waals surface area (Å²) in [7, 11) is 0. The predicted octanol–water partition coefficient (Wildman–Crippen LogP) is 4.93. The molecule has 1 heterocycles. The molecule has 0 atom stereocenters. The van der Waals surface area contributed by atoms with Gasteiger partial charge < -0.3 is 10.6 Å². The van der Waals surface area contributed by atoms with Crippen molar-refractivity contribution in [2.24, 2.45) is 0 Å². The predicted molar refractivity (Wildman–Crippen MR) is 95.2 cm³/mol. The van der Waals surface area contributed by atoms with Crippen LogP contribution in [0.3, 0.4) is 0 Å². The van der Waals surface area contributed by atoms with E-state index >= 15 is 0 Å². The number of anilines is 3. The lowest BCUT2D eigenvalue weighted by molar-refractivity contribution is 0.628. The normalized spacial score (nSPS) is 10.5. The minimum Gasteiger partial charge on any atom is -0.366 e. The summed E-state index contributed by atoms with van der Waals surface area (Å²) in [6, 6.07) is 14.5. The van der Waals surface area contributed by atoms with Gasteiger partial charge in [-0.3, -0.25) is 0 Å². The van der Waals surface area contributed by atoms with E-state index in [4.69, 9.17) is 11.6 Å². The van der Waals surface area contributed by atoms with Crippen LogP contribution < -0.4 is 10.6 Å². The molecule has 122 valence electrons. The Kier molecular flexibility index (Phi) is 4.91. The SMILES string of the molecule is Cc1cccc(CNc2cc(Nc3ccc(F)c(Cl)c3)ncn2)c1. The molecule has 0 bridgehead atoms. The fourth-order valence-electron chi connectivity index (χ4n) is 2.26. The highest BCUT2D eigenvalue weighted by molar-refractivity contribution is 6.31. The van der Waals surface area contributed by atoms with Crippen molar-refractivity contribution in [3.8, 4) is 0 Å². The summed E-state index contributed by atoms with van der Waals surface area (Å²) in [6.45, 7) is 2.73. The van der Waals surface area contributed by atoms with Crippen LogP contribution >= 0.6 is 11.6 Å². The Balaban J connectivity index is 1.68. The molecule has 6 heteroatoms. The molecular formula is C18H16ClFN4. The van der Waals surface area contributed by atoms with Gasteiger partial charge in [0.25, 0.3) is 0 Å². The van der Waals surface area contributed by atoms with Crippen molar-refractivity contribution >= 4 is 28.9 Å². The molecule has 2 N–H and O–H groups in total. The summed E-state index contributed by atoms with van der Waals surface area (Å²) in [5, 5.41) is 6.40. The van der Waals surface area contributed by atoms with Gasteiger partial charge in [0.15, 0.2) is 0 Å². The van der Waals surface area contributed by atoms with Crippen LogP contribution in [0.15, 0.2) is 54.9 Å². The fraction of sp³-hybridized carbons (Fsp3) is 0.111. The Bertz CT molecular complexity index is 854. The molecule has 0 unspecified atom stereocenters. The lowest BCUT2D eigenvalue weighted by atomic mass is 10.1. The van der Waals surface area contributed by atoms with Crippen LogP contribution in [0.2, 0.25) is 5.02 Å². The van der Waals surface area contributed by atoms with Gasteiger partial charge in [-0.05, 0) is 30.7 Å². The summed E-state index contributed by atoms with van der Waals surface area (Å²) in [6.07, 6.45) is 1.46. The summed E-state index contributed by atoms with van der Waals surface area (Å²) in [5.41, 5.74) is 3.05. The van der Waals surface area contributed by atoms with Crippen molar-refractivity contribution in [1.29, 1.82) is 0 Å². The highest BCUT2D eigenvalue weighted by Crippen LogP contribution is 2.22. The van der Waals surface area contributed by atoms with Crippen LogP contribution in [0, 0.1) is 12.7 Å². The third kappa shape index (κ3) is 4.20. The highest BCUT2D eigenvalue weighted by Gasteiger charge is 2.03. The molecule has 0 radical (unpaired) electrons. The molecule has 0 saturated carbocycles. The minimum atomic E-state index is -0.453. The second-order valence-electron chi connectivity index (χ2n) is 5.38. The third-order valence-electron chi connectivity index (χ3n) is 3.42. The van der Waals surface area contributed by atoms with Crippen LogP contribution in [0.5, 0.6) is 0 Å². The minimum absolute atomic E-state index is 0.0619. The van der Waals surface area contributed by atoms with Crippen LogP contribution in [-0.2, 0) is 6.54 Å². The Morgan fingerprint density at radius 2 is 1.88 bits per heavy atom. The van der Waals surface area contributed by atoms with Gasteiger partial charge in [0.2, 0.25) is 0 Å². The summed E-state index contributed by atoms with van der Waals surface area (Å²) in [4.78, 5) is 8.36. The zero-order chi connectivity index (χ0) is 16.9. The fourth-order valence-corrected chi connectivity index (χ4v) is 2.44. The molecule has 1 aromatic heterocycles. The number of halogens is 2. The van der Waals surface area contributed by atoms with Gasteiger partial charge in [-0.15, -0.1) is 0 Å². The monoisotopic (exact) mass is 342 g/mol.